The van der Waals surface area contributed by atoms with Gasteiger partial charge in [-0.3, -0.25) is 9.89 Å². The van der Waals surface area contributed by atoms with Crippen LogP contribution in [0.25, 0.3) is 0 Å². The Kier molecular flexibility index (Phi) is 10.2. The summed E-state index contributed by atoms with van der Waals surface area (Å²) in [6.07, 6.45) is 10.2. The van der Waals surface area contributed by atoms with Crippen molar-refractivity contribution in [1.82, 2.24) is 30.3 Å². The van der Waals surface area contributed by atoms with Crippen molar-refractivity contribution in [3.63, 3.8) is 0 Å². The lowest BCUT2D eigenvalue weighted by Crippen LogP contribution is -2.50. The molecule has 2 N–H and O–H groups in total. The number of benzene rings is 1. The van der Waals surface area contributed by atoms with Gasteiger partial charge in [-0.2, -0.15) is 0 Å². The van der Waals surface area contributed by atoms with Crippen molar-refractivity contribution >= 4 is 29.9 Å². The number of aryl methyl sites for hydroxylation is 1. The number of nitrogens with one attached hydrogen (secondary N) is 2. The van der Waals surface area contributed by atoms with Crippen molar-refractivity contribution < 1.29 is 0 Å². The molecule has 1 aliphatic heterocycles. The molecule has 0 amide bonds. The zero-order chi connectivity index (χ0) is 21.3. The number of aliphatic imine (C=N–C) groups is 1. The highest BCUT2D eigenvalue weighted by atomic mass is 127. The minimum absolute atomic E-state index is 0. The Morgan fingerprint density at radius 3 is 2.41 bits per heavy atom. The first kappa shape index (κ1) is 25.0. The third-order valence-corrected chi connectivity index (χ3v) is 6.50. The number of nitrogens with zero attached hydrogens (tertiary/aromatic N) is 5. The summed E-state index contributed by atoms with van der Waals surface area (Å²) in [7, 11) is 0. The molecule has 7 nitrogen and oxygen atoms in total. The SMILES string of the molecule is CCc1nncn1CCN=C(NC1CCCC1)NC1CCN(Cc2ccccc2)CC1.I. The van der Waals surface area contributed by atoms with Crippen LogP contribution in [0.15, 0.2) is 41.7 Å². The normalized spacial score (nSPS) is 18.5. The molecule has 0 atom stereocenters. The fourth-order valence-electron chi connectivity index (χ4n) is 4.68. The van der Waals surface area contributed by atoms with E-state index in [1.165, 1.54) is 31.2 Å². The number of rotatable bonds is 8. The maximum Gasteiger partial charge on any atom is 0.191 e. The van der Waals surface area contributed by atoms with Crippen LogP contribution in [0.3, 0.4) is 0 Å². The van der Waals surface area contributed by atoms with Crippen LogP contribution >= 0.6 is 24.0 Å². The van der Waals surface area contributed by atoms with Crippen molar-refractivity contribution in [1.29, 1.82) is 0 Å². The number of hydrogen-bond donors (Lipinski definition) is 2. The molecular formula is C24H38IN7. The summed E-state index contributed by atoms with van der Waals surface area (Å²) in [6, 6.07) is 11.8. The summed E-state index contributed by atoms with van der Waals surface area (Å²) in [5.74, 6) is 2.01. The van der Waals surface area contributed by atoms with Gasteiger partial charge in [0, 0.05) is 44.7 Å². The molecule has 176 valence electrons. The first-order valence-electron chi connectivity index (χ1n) is 12.0. The summed E-state index contributed by atoms with van der Waals surface area (Å²) in [6.45, 7) is 6.98. The maximum absolute atomic E-state index is 4.92. The predicted molar refractivity (Wildman–Crippen MR) is 140 cm³/mol. The van der Waals surface area contributed by atoms with Gasteiger partial charge in [0.1, 0.15) is 12.2 Å². The minimum atomic E-state index is 0. The molecule has 1 aliphatic carbocycles. The number of guanidine groups is 1. The number of aromatic nitrogens is 3. The molecule has 1 aromatic heterocycles. The molecule has 0 bridgehead atoms. The molecule has 1 aromatic carbocycles. The Balaban J connectivity index is 0.00000289. The Bertz CT molecular complexity index is 809. The Labute approximate surface area is 209 Å². The van der Waals surface area contributed by atoms with Crippen molar-refractivity contribution in [3.05, 3.63) is 48.0 Å². The van der Waals surface area contributed by atoms with Crippen molar-refractivity contribution in [3.8, 4) is 0 Å². The van der Waals surface area contributed by atoms with E-state index in [4.69, 9.17) is 4.99 Å². The molecule has 8 heteroatoms. The highest BCUT2D eigenvalue weighted by Gasteiger charge is 2.22. The fraction of sp³-hybridized carbons (Fsp3) is 0.625. The third-order valence-electron chi connectivity index (χ3n) is 6.50. The van der Waals surface area contributed by atoms with Gasteiger partial charge in [0.05, 0.1) is 6.54 Å². The molecule has 0 unspecified atom stereocenters. The van der Waals surface area contributed by atoms with E-state index >= 15 is 0 Å². The first-order valence-corrected chi connectivity index (χ1v) is 12.0. The van der Waals surface area contributed by atoms with Gasteiger partial charge in [0.25, 0.3) is 0 Å². The molecule has 1 saturated carbocycles. The Morgan fingerprint density at radius 2 is 1.72 bits per heavy atom. The average Bonchev–Trinajstić information content (AvgIpc) is 3.47. The quantitative estimate of drug-likeness (QED) is 0.298. The Hall–Kier alpha value is -1.68. The van der Waals surface area contributed by atoms with E-state index < -0.39 is 0 Å². The fourth-order valence-corrected chi connectivity index (χ4v) is 4.68. The van der Waals surface area contributed by atoms with Crippen LogP contribution in [-0.2, 0) is 19.5 Å². The highest BCUT2D eigenvalue weighted by Crippen LogP contribution is 2.18. The van der Waals surface area contributed by atoms with Gasteiger partial charge in [-0.1, -0.05) is 50.1 Å². The highest BCUT2D eigenvalue weighted by molar-refractivity contribution is 14.0. The zero-order valence-electron chi connectivity index (χ0n) is 19.2. The summed E-state index contributed by atoms with van der Waals surface area (Å²) >= 11 is 0. The standard InChI is InChI=1S/C24H37N7.HI/c1-2-23-29-26-19-31(23)17-14-25-24(27-21-10-6-7-11-21)28-22-12-15-30(16-13-22)18-20-8-4-3-5-9-20;/h3-5,8-9,19,21-22H,2,6-7,10-18H2,1H3,(H2,25,27,28);1H. The second-order valence-electron chi connectivity index (χ2n) is 8.83. The van der Waals surface area contributed by atoms with Crippen molar-refractivity contribution in [2.24, 2.45) is 4.99 Å². The lowest BCUT2D eigenvalue weighted by Gasteiger charge is -2.33. The van der Waals surface area contributed by atoms with Crippen LogP contribution in [-0.4, -0.2) is 57.3 Å². The number of halogens is 1. The van der Waals surface area contributed by atoms with Crippen LogP contribution in [0.2, 0.25) is 0 Å². The summed E-state index contributed by atoms with van der Waals surface area (Å²) < 4.78 is 2.11. The summed E-state index contributed by atoms with van der Waals surface area (Å²) in [5, 5.41) is 15.7. The van der Waals surface area contributed by atoms with E-state index in [-0.39, 0.29) is 24.0 Å². The molecule has 2 fully saturated rings. The topological polar surface area (TPSA) is 70.4 Å². The number of piperidine rings is 1. The molecule has 2 aromatic rings. The van der Waals surface area contributed by atoms with Gasteiger partial charge in [-0.05, 0) is 31.2 Å². The van der Waals surface area contributed by atoms with Crippen LogP contribution in [0.4, 0.5) is 0 Å². The van der Waals surface area contributed by atoms with Gasteiger partial charge in [-0.15, -0.1) is 34.2 Å². The molecule has 0 spiro atoms. The van der Waals surface area contributed by atoms with Crippen molar-refractivity contribution in [2.75, 3.05) is 19.6 Å². The molecular weight excluding hydrogens is 513 g/mol. The second-order valence-corrected chi connectivity index (χ2v) is 8.83. The second kappa shape index (κ2) is 13.1. The lowest BCUT2D eigenvalue weighted by atomic mass is 10.0. The molecule has 1 saturated heterocycles. The molecule has 2 heterocycles. The third kappa shape index (κ3) is 7.43. The zero-order valence-corrected chi connectivity index (χ0v) is 21.6. The minimum Gasteiger partial charge on any atom is -0.354 e. The van der Waals surface area contributed by atoms with Gasteiger partial charge >= 0.3 is 0 Å². The largest absolute Gasteiger partial charge is 0.354 e. The van der Waals surface area contributed by atoms with Gasteiger partial charge in [0.2, 0.25) is 0 Å². The van der Waals surface area contributed by atoms with Crippen LogP contribution in [0.1, 0.15) is 56.8 Å². The van der Waals surface area contributed by atoms with Gasteiger partial charge in [0.15, 0.2) is 5.96 Å². The van der Waals surface area contributed by atoms with Gasteiger partial charge in [-0.25, -0.2) is 0 Å². The van der Waals surface area contributed by atoms with E-state index in [0.717, 1.165) is 63.8 Å². The average molecular weight is 552 g/mol. The van der Waals surface area contributed by atoms with E-state index in [2.05, 4.69) is 67.6 Å². The first-order chi connectivity index (χ1) is 15.3. The summed E-state index contributed by atoms with van der Waals surface area (Å²) in [4.78, 5) is 7.49. The van der Waals surface area contributed by atoms with Gasteiger partial charge < -0.3 is 15.2 Å². The molecule has 2 aliphatic rings. The number of hydrogen-bond acceptors (Lipinski definition) is 4. The molecule has 0 radical (unpaired) electrons. The van der Waals surface area contributed by atoms with Crippen LogP contribution in [0.5, 0.6) is 0 Å². The Morgan fingerprint density at radius 1 is 1.03 bits per heavy atom. The molecule has 32 heavy (non-hydrogen) atoms. The van der Waals surface area contributed by atoms with Crippen LogP contribution < -0.4 is 10.6 Å². The molecule has 4 rings (SSSR count). The predicted octanol–water partition coefficient (Wildman–Crippen LogP) is 3.60. The summed E-state index contributed by atoms with van der Waals surface area (Å²) in [5.41, 5.74) is 1.40. The van der Waals surface area contributed by atoms with E-state index in [1.54, 1.807) is 0 Å². The monoisotopic (exact) mass is 551 g/mol. The van der Waals surface area contributed by atoms with E-state index in [1.807, 2.05) is 6.33 Å². The number of likely N-dealkylation sites (tertiary alicyclic amines) is 1. The van der Waals surface area contributed by atoms with Crippen LogP contribution in [0, 0.1) is 0 Å². The maximum atomic E-state index is 4.92. The smallest absolute Gasteiger partial charge is 0.191 e. The lowest BCUT2D eigenvalue weighted by molar-refractivity contribution is 0.198. The van der Waals surface area contributed by atoms with E-state index in [9.17, 15) is 0 Å². The van der Waals surface area contributed by atoms with Crippen molar-refractivity contribution in [2.45, 2.75) is 77.0 Å². The van der Waals surface area contributed by atoms with E-state index in [0.29, 0.717) is 12.1 Å².